The first-order chi connectivity index (χ1) is 11.7. The maximum atomic E-state index is 12.7. The number of benzene rings is 2. The van der Waals surface area contributed by atoms with E-state index in [1.807, 2.05) is 36.5 Å². The SMILES string of the molecule is O=c1c2ccc(-c3cn[nH]c3)cc2ccn1Cc1cccc(O)c1. The first kappa shape index (κ1) is 14.3. The van der Waals surface area contributed by atoms with Crippen LogP contribution in [0.1, 0.15) is 5.56 Å². The molecule has 0 saturated heterocycles. The van der Waals surface area contributed by atoms with Crippen LogP contribution in [0.4, 0.5) is 0 Å². The lowest BCUT2D eigenvalue weighted by atomic mass is 10.0. The summed E-state index contributed by atoms with van der Waals surface area (Å²) >= 11 is 0. The van der Waals surface area contributed by atoms with Crippen molar-refractivity contribution in [1.82, 2.24) is 14.8 Å². The molecule has 0 amide bonds. The van der Waals surface area contributed by atoms with Crippen LogP contribution in [0.2, 0.25) is 0 Å². The van der Waals surface area contributed by atoms with Crippen molar-refractivity contribution in [2.24, 2.45) is 0 Å². The van der Waals surface area contributed by atoms with Crippen LogP contribution in [0.15, 0.2) is 71.9 Å². The second-order valence-electron chi connectivity index (χ2n) is 5.71. The third-order valence-electron chi connectivity index (χ3n) is 4.07. The van der Waals surface area contributed by atoms with Crippen molar-refractivity contribution in [3.63, 3.8) is 0 Å². The molecule has 5 heteroatoms. The summed E-state index contributed by atoms with van der Waals surface area (Å²) in [5.74, 6) is 0.200. The number of rotatable bonds is 3. The molecule has 118 valence electrons. The van der Waals surface area contributed by atoms with Gasteiger partial charge in [-0.25, -0.2) is 0 Å². The topological polar surface area (TPSA) is 70.9 Å². The van der Waals surface area contributed by atoms with Gasteiger partial charge >= 0.3 is 0 Å². The van der Waals surface area contributed by atoms with Crippen LogP contribution in [0.3, 0.4) is 0 Å². The second kappa shape index (κ2) is 5.70. The number of aromatic hydroxyl groups is 1. The van der Waals surface area contributed by atoms with Gasteiger partial charge in [-0.05, 0) is 46.8 Å². The molecular weight excluding hydrogens is 302 g/mol. The van der Waals surface area contributed by atoms with Crippen molar-refractivity contribution in [3.8, 4) is 16.9 Å². The molecule has 0 atom stereocenters. The van der Waals surface area contributed by atoms with Crippen molar-refractivity contribution in [1.29, 1.82) is 0 Å². The van der Waals surface area contributed by atoms with E-state index >= 15 is 0 Å². The summed E-state index contributed by atoms with van der Waals surface area (Å²) in [6, 6.07) is 14.6. The Morgan fingerprint density at radius 3 is 2.79 bits per heavy atom. The van der Waals surface area contributed by atoms with E-state index in [9.17, 15) is 9.90 Å². The first-order valence-electron chi connectivity index (χ1n) is 7.61. The average Bonchev–Trinajstić information content (AvgIpc) is 3.12. The second-order valence-corrected chi connectivity index (χ2v) is 5.71. The lowest BCUT2D eigenvalue weighted by Crippen LogP contribution is -2.19. The number of fused-ring (bicyclic) bond motifs is 1. The van der Waals surface area contributed by atoms with Crippen molar-refractivity contribution in [3.05, 3.63) is 83.0 Å². The predicted molar refractivity (Wildman–Crippen MR) is 93.0 cm³/mol. The molecule has 2 aromatic carbocycles. The molecule has 0 spiro atoms. The van der Waals surface area contributed by atoms with Gasteiger partial charge < -0.3 is 9.67 Å². The number of phenolic OH excluding ortho intramolecular Hbond substituents is 1. The van der Waals surface area contributed by atoms with Gasteiger partial charge in [0.05, 0.1) is 12.7 Å². The van der Waals surface area contributed by atoms with E-state index in [0.29, 0.717) is 11.9 Å². The zero-order valence-corrected chi connectivity index (χ0v) is 12.8. The summed E-state index contributed by atoms with van der Waals surface area (Å²) in [6.45, 7) is 0.423. The lowest BCUT2D eigenvalue weighted by molar-refractivity contribution is 0.474. The number of phenols is 1. The maximum Gasteiger partial charge on any atom is 0.258 e. The summed E-state index contributed by atoms with van der Waals surface area (Å²) < 4.78 is 1.65. The van der Waals surface area contributed by atoms with E-state index in [4.69, 9.17) is 0 Å². The summed E-state index contributed by atoms with van der Waals surface area (Å²) in [5, 5.41) is 17.9. The van der Waals surface area contributed by atoms with Gasteiger partial charge in [0.1, 0.15) is 5.75 Å². The largest absolute Gasteiger partial charge is 0.508 e. The Hall–Kier alpha value is -3.34. The molecule has 0 radical (unpaired) electrons. The monoisotopic (exact) mass is 317 g/mol. The highest BCUT2D eigenvalue weighted by Crippen LogP contribution is 2.22. The molecule has 2 heterocycles. The van der Waals surface area contributed by atoms with Crippen molar-refractivity contribution in [2.75, 3.05) is 0 Å². The number of pyridine rings is 1. The van der Waals surface area contributed by atoms with E-state index in [1.54, 1.807) is 35.2 Å². The van der Waals surface area contributed by atoms with Crippen LogP contribution in [-0.4, -0.2) is 19.9 Å². The van der Waals surface area contributed by atoms with Gasteiger partial charge in [0, 0.05) is 23.3 Å². The van der Waals surface area contributed by atoms with Crippen LogP contribution in [0, 0.1) is 0 Å². The van der Waals surface area contributed by atoms with E-state index in [-0.39, 0.29) is 11.3 Å². The van der Waals surface area contributed by atoms with Crippen LogP contribution in [-0.2, 0) is 6.54 Å². The van der Waals surface area contributed by atoms with Gasteiger partial charge in [0.15, 0.2) is 0 Å². The molecule has 4 rings (SSSR count). The number of hydrogen-bond donors (Lipinski definition) is 2. The van der Waals surface area contributed by atoms with Gasteiger partial charge in [-0.2, -0.15) is 5.10 Å². The Morgan fingerprint density at radius 2 is 2.00 bits per heavy atom. The Balaban J connectivity index is 1.75. The Morgan fingerprint density at radius 1 is 1.08 bits per heavy atom. The number of aromatic amines is 1. The minimum absolute atomic E-state index is 0.0467. The first-order valence-corrected chi connectivity index (χ1v) is 7.61. The summed E-state index contributed by atoms with van der Waals surface area (Å²) in [5.41, 5.74) is 2.84. The van der Waals surface area contributed by atoms with Gasteiger partial charge in [-0.15, -0.1) is 0 Å². The number of nitrogens with one attached hydrogen (secondary N) is 1. The van der Waals surface area contributed by atoms with Crippen molar-refractivity contribution in [2.45, 2.75) is 6.54 Å². The molecule has 4 aromatic rings. The molecular formula is C19H15N3O2. The standard InChI is InChI=1S/C19H15N3O2/c23-17-3-1-2-13(8-17)12-22-7-6-15-9-14(16-10-20-21-11-16)4-5-18(15)19(22)24/h1-11,23H,12H2,(H,20,21). The number of aromatic nitrogens is 3. The minimum Gasteiger partial charge on any atom is -0.508 e. The fourth-order valence-electron chi connectivity index (χ4n) is 2.85. The zero-order valence-electron chi connectivity index (χ0n) is 12.8. The fraction of sp³-hybridized carbons (Fsp3) is 0.0526. The number of H-pyrrole nitrogens is 1. The molecule has 0 aliphatic rings. The normalized spacial score (nSPS) is 11.0. The Labute approximate surface area is 137 Å². The smallest absolute Gasteiger partial charge is 0.258 e. The zero-order chi connectivity index (χ0) is 16.5. The Kier molecular flexibility index (Phi) is 3.39. The van der Waals surface area contributed by atoms with E-state index in [2.05, 4.69) is 10.2 Å². The summed E-state index contributed by atoms with van der Waals surface area (Å²) in [4.78, 5) is 12.7. The molecule has 2 N–H and O–H groups in total. The molecule has 0 fully saturated rings. The Bertz CT molecular complexity index is 1070. The molecule has 5 nitrogen and oxygen atoms in total. The minimum atomic E-state index is -0.0467. The van der Waals surface area contributed by atoms with E-state index in [0.717, 1.165) is 22.1 Å². The average molecular weight is 317 g/mol. The summed E-state index contributed by atoms with van der Waals surface area (Å²) in [7, 11) is 0. The third kappa shape index (κ3) is 2.56. The molecule has 2 aromatic heterocycles. The van der Waals surface area contributed by atoms with E-state index < -0.39 is 0 Å². The molecule has 0 aliphatic carbocycles. The highest BCUT2D eigenvalue weighted by atomic mass is 16.3. The highest BCUT2D eigenvalue weighted by molar-refractivity contribution is 5.86. The quantitative estimate of drug-likeness (QED) is 0.610. The van der Waals surface area contributed by atoms with Crippen molar-refractivity contribution < 1.29 is 5.11 Å². The number of hydrogen-bond acceptors (Lipinski definition) is 3. The van der Waals surface area contributed by atoms with Crippen molar-refractivity contribution >= 4 is 10.8 Å². The molecule has 24 heavy (non-hydrogen) atoms. The van der Waals surface area contributed by atoms with Gasteiger partial charge in [0.25, 0.3) is 5.56 Å². The van der Waals surface area contributed by atoms with Gasteiger partial charge in [-0.3, -0.25) is 9.89 Å². The fourth-order valence-corrected chi connectivity index (χ4v) is 2.85. The molecule has 0 unspecified atom stereocenters. The van der Waals surface area contributed by atoms with E-state index in [1.165, 1.54) is 0 Å². The van der Waals surface area contributed by atoms with Gasteiger partial charge in [-0.1, -0.05) is 18.2 Å². The van der Waals surface area contributed by atoms with Crippen LogP contribution in [0.5, 0.6) is 5.75 Å². The lowest BCUT2D eigenvalue weighted by Gasteiger charge is -2.08. The number of nitrogens with zero attached hydrogens (tertiary/aromatic N) is 2. The molecule has 0 saturated carbocycles. The third-order valence-corrected chi connectivity index (χ3v) is 4.07. The molecule has 0 aliphatic heterocycles. The molecule has 0 bridgehead atoms. The van der Waals surface area contributed by atoms with Crippen LogP contribution >= 0.6 is 0 Å². The van der Waals surface area contributed by atoms with Crippen LogP contribution in [0.25, 0.3) is 21.9 Å². The predicted octanol–water partition coefficient (Wildman–Crippen LogP) is 3.15. The van der Waals surface area contributed by atoms with Gasteiger partial charge in [0.2, 0.25) is 0 Å². The maximum absolute atomic E-state index is 12.7. The summed E-state index contributed by atoms with van der Waals surface area (Å²) in [6.07, 6.45) is 5.36. The van der Waals surface area contributed by atoms with Crippen LogP contribution < -0.4 is 5.56 Å². The highest BCUT2D eigenvalue weighted by Gasteiger charge is 2.06.